The smallest absolute Gasteiger partial charge is 0.123 e. The second kappa shape index (κ2) is 4.06. The third kappa shape index (κ3) is 1.92. The van der Waals surface area contributed by atoms with E-state index < -0.39 is 0 Å². The van der Waals surface area contributed by atoms with Crippen LogP contribution in [0, 0.1) is 5.82 Å². The van der Waals surface area contributed by atoms with E-state index in [0.29, 0.717) is 6.04 Å². The molecule has 1 atom stereocenters. The van der Waals surface area contributed by atoms with E-state index in [-0.39, 0.29) is 11.9 Å². The van der Waals surface area contributed by atoms with Crippen LogP contribution in [0.1, 0.15) is 24.8 Å². The maximum atomic E-state index is 13.0. The van der Waals surface area contributed by atoms with Crippen molar-refractivity contribution in [3.63, 3.8) is 0 Å². The summed E-state index contributed by atoms with van der Waals surface area (Å²) >= 11 is 0. The molecule has 16 heavy (non-hydrogen) atoms. The minimum Gasteiger partial charge on any atom is -0.488 e. The van der Waals surface area contributed by atoms with E-state index in [1.165, 1.54) is 25.3 Å². The molecule has 0 amide bonds. The van der Waals surface area contributed by atoms with E-state index in [2.05, 4.69) is 5.32 Å². The maximum Gasteiger partial charge on any atom is 0.123 e. The van der Waals surface area contributed by atoms with Gasteiger partial charge in [-0.25, -0.2) is 4.39 Å². The zero-order chi connectivity index (χ0) is 11.0. The Hall–Kier alpha value is -1.09. The molecule has 1 heterocycles. The number of nitrogens with one attached hydrogen (secondary N) is 1. The highest BCUT2D eigenvalue weighted by atomic mass is 19.1. The van der Waals surface area contributed by atoms with Crippen LogP contribution >= 0.6 is 0 Å². The molecule has 1 aliphatic carbocycles. The first-order chi connectivity index (χ1) is 7.81. The lowest BCUT2D eigenvalue weighted by molar-refractivity contribution is 0.207. The topological polar surface area (TPSA) is 21.3 Å². The Morgan fingerprint density at radius 2 is 2.25 bits per heavy atom. The number of halogens is 1. The predicted octanol–water partition coefficient (Wildman–Crippen LogP) is 2.27. The van der Waals surface area contributed by atoms with Gasteiger partial charge in [-0.15, -0.1) is 0 Å². The van der Waals surface area contributed by atoms with Crippen molar-refractivity contribution in [1.82, 2.24) is 5.32 Å². The lowest BCUT2D eigenvalue weighted by atomic mass is 9.93. The second-order valence-electron chi connectivity index (χ2n) is 4.73. The minimum atomic E-state index is -0.171. The van der Waals surface area contributed by atoms with Crippen LogP contribution in [0.5, 0.6) is 5.75 Å². The van der Waals surface area contributed by atoms with Crippen LogP contribution in [0.15, 0.2) is 18.2 Å². The third-order valence-electron chi connectivity index (χ3n) is 3.50. The van der Waals surface area contributed by atoms with Crippen molar-refractivity contribution >= 4 is 0 Å². The molecule has 0 bridgehead atoms. The number of benzene rings is 1. The maximum absolute atomic E-state index is 13.0. The van der Waals surface area contributed by atoms with Crippen molar-refractivity contribution in [3.05, 3.63) is 29.6 Å². The molecule has 3 heteroatoms. The molecule has 3 rings (SSSR count). The normalized spacial score (nSPS) is 23.7. The van der Waals surface area contributed by atoms with E-state index in [9.17, 15) is 4.39 Å². The average Bonchev–Trinajstić information content (AvgIpc) is 2.57. The second-order valence-corrected chi connectivity index (χ2v) is 4.73. The molecular formula is C13H16FNO. The molecule has 0 saturated heterocycles. The van der Waals surface area contributed by atoms with Gasteiger partial charge in [-0.1, -0.05) is 6.42 Å². The number of rotatable bonds is 3. The van der Waals surface area contributed by atoms with Crippen LogP contribution in [-0.2, 0) is 6.42 Å². The van der Waals surface area contributed by atoms with Gasteiger partial charge >= 0.3 is 0 Å². The first kappa shape index (κ1) is 10.1. The molecule has 1 unspecified atom stereocenters. The van der Waals surface area contributed by atoms with Gasteiger partial charge in [-0.2, -0.15) is 0 Å². The van der Waals surface area contributed by atoms with Gasteiger partial charge in [-0.3, -0.25) is 0 Å². The average molecular weight is 221 g/mol. The summed E-state index contributed by atoms with van der Waals surface area (Å²) in [5, 5.41) is 3.49. The quantitative estimate of drug-likeness (QED) is 0.845. The predicted molar refractivity (Wildman–Crippen MR) is 60.2 cm³/mol. The Labute approximate surface area is 94.8 Å². The van der Waals surface area contributed by atoms with Crippen molar-refractivity contribution in [3.8, 4) is 5.75 Å². The van der Waals surface area contributed by atoms with Gasteiger partial charge in [0.25, 0.3) is 0 Å². The van der Waals surface area contributed by atoms with Gasteiger partial charge in [0.2, 0.25) is 0 Å². The summed E-state index contributed by atoms with van der Waals surface area (Å²) in [6.07, 6.45) is 4.92. The number of ether oxygens (including phenoxy) is 1. The summed E-state index contributed by atoms with van der Waals surface area (Å²) in [5.41, 5.74) is 1.00. The molecular weight excluding hydrogens is 205 g/mol. The number of fused-ring (bicyclic) bond motifs is 1. The molecule has 1 aromatic rings. The van der Waals surface area contributed by atoms with E-state index in [1.54, 1.807) is 12.1 Å². The van der Waals surface area contributed by atoms with Crippen molar-refractivity contribution in [1.29, 1.82) is 0 Å². The van der Waals surface area contributed by atoms with Crippen LogP contribution in [0.4, 0.5) is 4.39 Å². The van der Waals surface area contributed by atoms with Gasteiger partial charge in [0.1, 0.15) is 17.7 Å². The zero-order valence-corrected chi connectivity index (χ0v) is 9.21. The van der Waals surface area contributed by atoms with E-state index in [4.69, 9.17) is 4.74 Å². The van der Waals surface area contributed by atoms with Crippen LogP contribution in [0.25, 0.3) is 0 Å². The Morgan fingerprint density at radius 1 is 1.38 bits per heavy atom. The van der Waals surface area contributed by atoms with Crippen LogP contribution in [0.2, 0.25) is 0 Å². The van der Waals surface area contributed by atoms with Crippen molar-refractivity contribution in [2.75, 3.05) is 6.54 Å². The van der Waals surface area contributed by atoms with Gasteiger partial charge in [0.05, 0.1) is 0 Å². The van der Waals surface area contributed by atoms with Crippen LogP contribution in [0.3, 0.4) is 0 Å². The van der Waals surface area contributed by atoms with Crippen molar-refractivity contribution in [2.45, 2.75) is 37.8 Å². The molecule has 1 aliphatic heterocycles. The van der Waals surface area contributed by atoms with E-state index in [1.807, 2.05) is 0 Å². The van der Waals surface area contributed by atoms with E-state index in [0.717, 1.165) is 24.3 Å². The largest absolute Gasteiger partial charge is 0.488 e. The lowest BCUT2D eigenvalue weighted by Gasteiger charge is -2.27. The van der Waals surface area contributed by atoms with E-state index >= 15 is 0 Å². The monoisotopic (exact) mass is 221 g/mol. The fraction of sp³-hybridized carbons (Fsp3) is 0.538. The Balaban J connectivity index is 1.57. The van der Waals surface area contributed by atoms with Crippen molar-refractivity contribution < 1.29 is 9.13 Å². The molecule has 1 saturated carbocycles. The Kier molecular flexibility index (Phi) is 2.56. The summed E-state index contributed by atoms with van der Waals surface area (Å²) in [6.45, 7) is 0.876. The minimum absolute atomic E-state index is 0.171. The summed E-state index contributed by atoms with van der Waals surface area (Å²) in [7, 11) is 0. The first-order valence-electron chi connectivity index (χ1n) is 6.00. The summed E-state index contributed by atoms with van der Waals surface area (Å²) < 4.78 is 18.7. The summed E-state index contributed by atoms with van der Waals surface area (Å²) in [5.74, 6) is 0.678. The fourth-order valence-electron chi connectivity index (χ4n) is 2.31. The number of hydrogen-bond donors (Lipinski definition) is 1. The molecule has 1 N–H and O–H groups in total. The first-order valence-corrected chi connectivity index (χ1v) is 6.00. The number of hydrogen-bond acceptors (Lipinski definition) is 2. The highest BCUT2D eigenvalue weighted by molar-refractivity contribution is 5.37. The highest BCUT2D eigenvalue weighted by Crippen LogP contribution is 2.29. The third-order valence-corrected chi connectivity index (χ3v) is 3.50. The van der Waals surface area contributed by atoms with Gasteiger partial charge in [0, 0.05) is 24.6 Å². The molecule has 2 nitrogen and oxygen atoms in total. The standard InChI is InChI=1S/C13H16FNO/c14-10-4-5-13-9(6-10)7-12(16-13)8-15-11-2-1-3-11/h4-6,11-12,15H,1-3,7-8H2. The van der Waals surface area contributed by atoms with Gasteiger partial charge in [-0.05, 0) is 31.0 Å². The Morgan fingerprint density at radius 3 is 3.00 bits per heavy atom. The SMILES string of the molecule is Fc1ccc2c(c1)CC(CNC1CCC1)O2. The molecule has 86 valence electrons. The molecule has 0 spiro atoms. The van der Waals surface area contributed by atoms with Gasteiger partial charge in [0.15, 0.2) is 0 Å². The molecule has 0 aromatic heterocycles. The van der Waals surface area contributed by atoms with Gasteiger partial charge < -0.3 is 10.1 Å². The summed E-state index contributed by atoms with van der Waals surface area (Å²) in [6, 6.07) is 5.46. The highest BCUT2D eigenvalue weighted by Gasteiger charge is 2.25. The van der Waals surface area contributed by atoms with Crippen LogP contribution < -0.4 is 10.1 Å². The zero-order valence-electron chi connectivity index (χ0n) is 9.21. The molecule has 1 aromatic carbocycles. The molecule has 2 aliphatic rings. The molecule has 1 fully saturated rings. The van der Waals surface area contributed by atoms with Crippen molar-refractivity contribution in [2.24, 2.45) is 0 Å². The summed E-state index contributed by atoms with van der Waals surface area (Å²) in [4.78, 5) is 0. The Bertz CT molecular complexity index is 390. The fourth-order valence-corrected chi connectivity index (χ4v) is 2.31. The lowest BCUT2D eigenvalue weighted by Crippen LogP contribution is -2.41. The van der Waals surface area contributed by atoms with Crippen LogP contribution in [-0.4, -0.2) is 18.7 Å². The molecule has 0 radical (unpaired) electrons.